The van der Waals surface area contributed by atoms with Gasteiger partial charge in [-0.05, 0) is 54.8 Å². The molecule has 8 heteroatoms. The van der Waals surface area contributed by atoms with E-state index in [4.69, 9.17) is 0 Å². The number of benzene rings is 1. The van der Waals surface area contributed by atoms with Crippen molar-refractivity contribution in [2.45, 2.75) is 32.5 Å². The molecule has 164 valence electrons. The Labute approximate surface area is 201 Å². The van der Waals surface area contributed by atoms with Crippen LogP contribution in [-0.2, 0) is 19.6 Å². The number of aliphatic imine (C=N–C) groups is 1. The molecule has 0 bridgehead atoms. The van der Waals surface area contributed by atoms with Crippen LogP contribution >= 0.6 is 24.0 Å². The van der Waals surface area contributed by atoms with Crippen molar-refractivity contribution < 1.29 is 0 Å². The van der Waals surface area contributed by atoms with E-state index in [1.54, 1.807) is 19.6 Å². The minimum absolute atomic E-state index is 0. The van der Waals surface area contributed by atoms with Crippen molar-refractivity contribution in [1.82, 2.24) is 30.1 Å². The Kier molecular flexibility index (Phi) is 8.84. The second kappa shape index (κ2) is 11.8. The predicted octanol–water partition coefficient (Wildman–Crippen LogP) is 3.35. The molecule has 3 heterocycles. The van der Waals surface area contributed by atoms with E-state index in [1.807, 2.05) is 29.1 Å². The number of rotatable bonds is 7. The van der Waals surface area contributed by atoms with E-state index in [-0.39, 0.29) is 24.0 Å². The van der Waals surface area contributed by atoms with Gasteiger partial charge >= 0.3 is 0 Å². The number of aromatic nitrogens is 3. The number of likely N-dealkylation sites (tertiary alicyclic amines) is 1. The molecule has 3 aromatic rings. The Hall–Kier alpha value is -2.46. The number of guanidine groups is 1. The fourth-order valence-corrected chi connectivity index (χ4v) is 3.66. The second-order valence-corrected chi connectivity index (χ2v) is 7.57. The topological polar surface area (TPSA) is 70.4 Å². The van der Waals surface area contributed by atoms with Crippen molar-refractivity contribution in [2.24, 2.45) is 4.99 Å². The lowest BCUT2D eigenvalue weighted by Gasteiger charge is -2.15. The van der Waals surface area contributed by atoms with Crippen molar-refractivity contribution >= 4 is 29.9 Å². The van der Waals surface area contributed by atoms with Gasteiger partial charge in [-0.2, -0.15) is 0 Å². The highest BCUT2D eigenvalue weighted by molar-refractivity contribution is 14.0. The van der Waals surface area contributed by atoms with Crippen molar-refractivity contribution in [3.63, 3.8) is 0 Å². The zero-order valence-corrected chi connectivity index (χ0v) is 20.2. The third-order valence-corrected chi connectivity index (χ3v) is 5.35. The van der Waals surface area contributed by atoms with Gasteiger partial charge in [0.1, 0.15) is 12.1 Å². The lowest BCUT2D eigenvalue weighted by molar-refractivity contribution is 0.331. The largest absolute Gasteiger partial charge is 0.352 e. The van der Waals surface area contributed by atoms with Gasteiger partial charge in [-0.3, -0.25) is 14.5 Å². The monoisotopic (exact) mass is 531 g/mol. The summed E-state index contributed by atoms with van der Waals surface area (Å²) >= 11 is 0. The molecule has 4 rings (SSSR count). The minimum Gasteiger partial charge on any atom is -0.352 e. The van der Waals surface area contributed by atoms with Crippen LogP contribution in [0.1, 0.15) is 29.5 Å². The molecule has 2 aromatic heterocycles. The quantitative estimate of drug-likeness (QED) is 0.278. The predicted molar refractivity (Wildman–Crippen MR) is 135 cm³/mol. The molecule has 2 N–H and O–H groups in total. The zero-order chi connectivity index (χ0) is 20.6. The Morgan fingerprint density at radius 2 is 1.68 bits per heavy atom. The maximum absolute atomic E-state index is 4.39. The third kappa shape index (κ3) is 6.76. The van der Waals surface area contributed by atoms with Crippen LogP contribution in [0.25, 0.3) is 5.82 Å². The summed E-state index contributed by atoms with van der Waals surface area (Å²) in [5, 5.41) is 6.76. The van der Waals surface area contributed by atoms with Crippen LogP contribution in [0.15, 0.2) is 66.3 Å². The Morgan fingerprint density at radius 1 is 0.968 bits per heavy atom. The van der Waals surface area contributed by atoms with Crippen LogP contribution in [0.4, 0.5) is 0 Å². The molecule has 1 aliphatic heterocycles. The van der Waals surface area contributed by atoms with Crippen LogP contribution in [0.3, 0.4) is 0 Å². The molecule has 1 aliphatic rings. The fraction of sp³-hybridized carbons (Fsp3) is 0.348. The summed E-state index contributed by atoms with van der Waals surface area (Å²) in [6.45, 7) is 4.92. The highest BCUT2D eigenvalue weighted by Gasteiger charge is 2.11. The van der Waals surface area contributed by atoms with E-state index in [1.165, 1.54) is 37.1 Å². The highest BCUT2D eigenvalue weighted by Crippen LogP contribution is 2.13. The first-order valence-electron chi connectivity index (χ1n) is 10.5. The fourth-order valence-electron chi connectivity index (χ4n) is 3.66. The second-order valence-electron chi connectivity index (χ2n) is 7.57. The first kappa shape index (κ1) is 23.2. The van der Waals surface area contributed by atoms with Crippen LogP contribution in [0.2, 0.25) is 0 Å². The average molecular weight is 531 g/mol. The summed E-state index contributed by atoms with van der Waals surface area (Å²) in [7, 11) is 1.79. The van der Waals surface area contributed by atoms with Gasteiger partial charge < -0.3 is 10.6 Å². The summed E-state index contributed by atoms with van der Waals surface area (Å²) < 4.78 is 1.89. The van der Waals surface area contributed by atoms with Gasteiger partial charge in [-0.15, -0.1) is 24.0 Å². The molecule has 0 saturated carbocycles. The minimum atomic E-state index is 0. The van der Waals surface area contributed by atoms with Gasteiger partial charge in [-0.1, -0.05) is 24.3 Å². The molecule has 1 saturated heterocycles. The molecule has 7 nitrogen and oxygen atoms in total. The van der Waals surface area contributed by atoms with Gasteiger partial charge in [0.25, 0.3) is 0 Å². The highest BCUT2D eigenvalue weighted by atomic mass is 127. The summed E-state index contributed by atoms with van der Waals surface area (Å²) in [5.41, 5.74) is 3.76. The lowest BCUT2D eigenvalue weighted by atomic mass is 10.1. The average Bonchev–Trinajstić information content (AvgIpc) is 3.50. The molecule has 0 atom stereocenters. The van der Waals surface area contributed by atoms with E-state index in [0.29, 0.717) is 6.54 Å². The number of pyridine rings is 1. The van der Waals surface area contributed by atoms with Gasteiger partial charge in [0.05, 0.1) is 0 Å². The molecular formula is C23H30IN7. The number of hydrogen-bond donors (Lipinski definition) is 2. The van der Waals surface area contributed by atoms with E-state index >= 15 is 0 Å². The molecule has 0 amide bonds. The van der Waals surface area contributed by atoms with Crippen LogP contribution in [0.5, 0.6) is 0 Å². The molecule has 0 unspecified atom stereocenters. The molecule has 1 aromatic carbocycles. The van der Waals surface area contributed by atoms with Gasteiger partial charge in [-0.25, -0.2) is 9.97 Å². The van der Waals surface area contributed by atoms with E-state index < -0.39 is 0 Å². The first-order chi connectivity index (χ1) is 14.8. The normalized spacial score (nSPS) is 14.3. The lowest BCUT2D eigenvalue weighted by Crippen LogP contribution is -2.36. The van der Waals surface area contributed by atoms with Crippen LogP contribution < -0.4 is 10.6 Å². The van der Waals surface area contributed by atoms with E-state index in [2.05, 4.69) is 54.8 Å². The summed E-state index contributed by atoms with van der Waals surface area (Å²) in [5.74, 6) is 1.63. The number of hydrogen-bond acceptors (Lipinski definition) is 4. The molecule has 0 radical (unpaired) electrons. The number of halogens is 1. The van der Waals surface area contributed by atoms with Crippen molar-refractivity contribution in [1.29, 1.82) is 0 Å². The SMILES string of the molecule is CN=C(NCc1ccc(CN2CCCC2)cc1)NCc1ccnc(-n2ccnc2)c1.I. The summed E-state index contributed by atoms with van der Waals surface area (Å²) in [6.07, 6.45) is 9.85. The van der Waals surface area contributed by atoms with Gasteiger partial charge in [0.15, 0.2) is 5.96 Å². The van der Waals surface area contributed by atoms with Gasteiger partial charge in [0.2, 0.25) is 0 Å². The number of nitrogens with one attached hydrogen (secondary N) is 2. The molecule has 31 heavy (non-hydrogen) atoms. The number of nitrogens with zero attached hydrogens (tertiary/aromatic N) is 5. The molecule has 1 fully saturated rings. The Morgan fingerprint density at radius 3 is 2.35 bits per heavy atom. The maximum atomic E-state index is 4.39. The van der Waals surface area contributed by atoms with Crippen LogP contribution in [0, 0.1) is 0 Å². The van der Waals surface area contributed by atoms with Crippen molar-refractivity contribution in [2.75, 3.05) is 20.1 Å². The van der Waals surface area contributed by atoms with Gasteiger partial charge in [0, 0.05) is 45.3 Å². The summed E-state index contributed by atoms with van der Waals surface area (Å²) in [4.78, 5) is 15.3. The molecule has 0 aliphatic carbocycles. The van der Waals surface area contributed by atoms with E-state index in [0.717, 1.165) is 30.4 Å². The smallest absolute Gasteiger partial charge is 0.191 e. The maximum Gasteiger partial charge on any atom is 0.191 e. The zero-order valence-electron chi connectivity index (χ0n) is 17.9. The third-order valence-electron chi connectivity index (χ3n) is 5.35. The molecular weight excluding hydrogens is 501 g/mol. The Balaban J connectivity index is 0.00000272. The summed E-state index contributed by atoms with van der Waals surface area (Å²) in [6, 6.07) is 12.9. The van der Waals surface area contributed by atoms with Crippen molar-refractivity contribution in [3.05, 3.63) is 78.0 Å². The van der Waals surface area contributed by atoms with E-state index in [9.17, 15) is 0 Å². The molecule has 0 spiro atoms. The standard InChI is InChI=1S/C23H29N7.HI/c1-24-23(28-16-21-8-9-26-22(14-21)30-13-10-25-18-30)27-15-19-4-6-20(7-5-19)17-29-11-2-3-12-29;/h4-10,13-14,18H,2-3,11-12,15-17H2,1H3,(H2,24,27,28);1H. The first-order valence-corrected chi connectivity index (χ1v) is 10.5. The van der Waals surface area contributed by atoms with Crippen LogP contribution in [-0.4, -0.2) is 45.5 Å². The Bertz CT molecular complexity index is 948. The number of imidazole rings is 1. The van der Waals surface area contributed by atoms with Crippen molar-refractivity contribution in [3.8, 4) is 5.82 Å².